The summed E-state index contributed by atoms with van der Waals surface area (Å²) in [4.78, 5) is 4.45. The topological polar surface area (TPSA) is 17.8 Å². The van der Waals surface area contributed by atoms with Crippen molar-refractivity contribution in [3.8, 4) is 5.69 Å². The van der Waals surface area contributed by atoms with Gasteiger partial charge < -0.3 is 0 Å². The molecule has 1 aromatic heterocycles. The molecule has 0 amide bonds. The molecule has 21 heavy (non-hydrogen) atoms. The van der Waals surface area contributed by atoms with E-state index in [0.29, 0.717) is 32.6 Å². The van der Waals surface area contributed by atoms with Crippen molar-refractivity contribution in [3.63, 3.8) is 0 Å². The van der Waals surface area contributed by atoms with Gasteiger partial charge in [-0.1, -0.05) is 35.3 Å². The molecular formula is C15H10Cl3FN2. The number of hydrogen-bond acceptors (Lipinski definition) is 1. The monoisotopic (exact) mass is 342 g/mol. The molecule has 6 heteroatoms. The highest BCUT2D eigenvalue weighted by Gasteiger charge is 2.19. The minimum atomic E-state index is -0.394. The summed E-state index contributed by atoms with van der Waals surface area (Å²) in [5.41, 5.74) is 1.66. The fraction of sp³-hybridized carbons (Fsp3) is 0.133. The Morgan fingerprint density at radius 1 is 1.14 bits per heavy atom. The molecule has 1 heterocycles. The second-order valence-corrected chi connectivity index (χ2v) is 6.10. The zero-order valence-corrected chi connectivity index (χ0v) is 13.2. The van der Waals surface area contributed by atoms with Crippen LogP contribution in [0.3, 0.4) is 0 Å². The summed E-state index contributed by atoms with van der Waals surface area (Å²) in [6.07, 6.45) is 0. The molecule has 0 fully saturated rings. The molecule has 3 rings (SSSR count). The Kier molecular flexibility index (Phi) is 3.82. The molecule has 108 valence electrons. The van der Waals surface area contributed by atoms with Gasteiger partial charge in [0.2, 0.25) is 0 Å². The molecule has 0 saturated heterocycles. The molecule has 1 unspecified atom stereocenters. The van der Waals surface area contributed by atoms with Crippen LogP contribution in [0.25, 0.3) is 16.7 Å². The van der Waals surface area contributed by atoms with Crippen LogP contribution >= 0.6 is 34.8 Å². The molecular weight excluding hydrogens is 334 g/mol. The van der Waals surface area contributed by atoms with E-state index in [4.69, 9.17) is 34.8 Å². The van der Waals surface area contributed by atoms with Gasteiger partial charge in [0, 0.05) is 0 Å². The van der Waals surface area contributed by atoms with Crippen LogP contribution in [0.5, 0.6) is 0 Å². The van der Waals surface area contributed by atoms with Crippen molar-refractivity contribution in [1.29, 1.82) is 0 Å². The summed E-state index contributed by atoms with van der Waals surface area (Å²) in [5.74, 6) is 0.177. The molecule has 0 saturated carbocycles. The predicted octanol–water partition coefficient (Wildman–Crippen LogP) is 5.77. The fourth-order valence-corrected chi connectivity index (χ4v) is 2.71. The molecule has 2 aromatic carbocycles. The normalized spacial score (nSPS) is 12.8. The SMILES string of the molecule is CC(Cl)c1nc2cc(Cl)c(Cl)cc2n1-c1ccccc1F. The molecule has 0 N–H and O–H groups in total. The number of aromatic nitrogens is 2. The van der Waals surface area contributed by atoms with Gasteiger partial charge in [-0.3, -0.25) is 4.57 Å². The molecule has 0 radical (unpaired) electrons. The van der Waals surface area contributed by atoms with E-state index in [1.165, 1.54) is 6.07 Å². The van der Waals surface area contributed by atoms with E-state index >= 15 is 0 Å². The standard InChI is InChI=1S/C15H10Cl3FN2/c1-8(16)15-20-12-6-9(17)10(18)7-14(12)21(15)13-5-3-2-4-11(13)19/h2-8H,1H3. The van der Waals surface area contributed by atoms with Gasteiger partial charge in [-0.25, -0.2) is 9.37 Å². The first kappa shape index (κ1) is 14.6. The Bertz CT molecular complexity index is 827. The third-order valence-electron chi connectivity index (χ3n) is 3.17. The van der Waals surface area contributed by atoms with Gasteiger partial charge in [0.05, 0.1) is 32.1 Å². The first-order valence-electron chi connectivity index (χ1n) is 6.25. The first-order valence-corrected chi connectivity index (χ1v) is 7.44. The Morgan fingerprint density at radius 3 is 2.48 bits per heavy atom. The van der Waals surface area contributed by atoms with Crippen LogP contribution in [0.4, 0.5) is 4.39 Å². The minimum Gasteiger partial charge on any atom is -0.292 e. The number of hydrogen-bond donors (Lipinski definition) is 0. The Morgan fingerprint density at radius 2 is 1.81 bits per heavy atom. The summed E-state index contributed by atoms with van der Waals surface area (Å²) in [6, 6.07) is 9.76. The number of fused-ring (bicyclic) bond motifs is 1. The number of alkyl halides is 1. The van der Waals surface area contributed by atoms with Crippen molar-refractivity contribution in [2.75, 3.05) is 0 Å². The summed E-state index contributed by atoms with van der Waals surface area (Å²) >= 11 is 18.3. The van der Waals surface area contributed by atoms with Crippen LogP contribution in [0.1, 0.15) is 18.1 Å². The van der Waals surface area contributed by atoms with Crippen molar-refractivity contribution in [1.82, 2.24) is 9.55 Å². The molecule has 2 nitrogen and oxygen atoms in total. The number of imidazole rings is 1. The molecule has 3 aromatic rings. The van der Waals surface area contributed by atoms with Gasteiger partial charge in [-0.2, -0.15) is 0 Å². The van der Waals surface area contributed by atoms with Crippen molar-refractivity contribution < 1.29 is 4.39 Å². The van der Waals surface area contributed by atoms with Crippen LogP contribution in [-0.2, 0) is 0 Å². The minimum absolute atomic E-state index is 0.360. The van der Waals surface area contributed by atoms with Gasteiger partial charge in [0.15, 0.2) is 0 Å². The highest BCUT2D eigenvalue weighted by molar-refractivity contribution is 6.42. The fourth-order valence-electron chi connectivity index (χ4n) is 2.24. The number of para-hydroxylation sites is 1. The first-order chi connectivity index (χ1) is 9.99. The van der Waals surface area contributed by atoms with Gasteiger partial charge in [-0.05, 0) is 31.2 Å². The molecule has 0 aliphatic rings. The van der Waals surface area contributed by atoms with Gasteiger partial charge in [0.1, 0.15) is 11.6 Å². The molecule has 0 aliphatic carbocycles. The summed E-state index contributed by atoms with van der Waals surface area (Å²) in [5, 5.41) is 0.390. The summed E-state index contributed by atoms with van der Waals surface area (Å²) in [7, 11) is 0. The van der Waals surface area contributed by atoms with Gasteiger partial charge >= 0.3 is 0 Å². The van der Waals surface area contributed by atoms with Gasteiger partial charge in [0.25, 0.3) is 0 Å². The van der Waals surface area contributed by atoms with Crippen molar-refractivity contribution in [2.45, 2.75) is 12.3 Å². The maximum atomic E-state index is 14.2. The van der Waals surface area contributed by atoms with Gasteiger partial charge in [-0.15, -0.1) is 11.6 Å². The second-order valence-electron chi connectivity index (χ2n) is 4.63. The number of halogens is 4. The van der Waals surface area contributed by atoms with E-state index < -0.39 is 5.38 Å². The molecule has 1 atom stereocenters. The maximum absolute atomic E-state index is 14.2. The van der Waals surface area contributed by atoms with E-state index in [9.17, 15) is 4.39 Å². The van der Waals surface area contributed by atoms with Crippen molar-refractivity contribution >= 4 is 45.8 Å². The highest BCUT2D eigenvalue weighted by Crippen LogP contribution is 2.33. The predicted molar refractivity (Wildman–Crippen MR) is 85.3 cm³/mol. The lowest BCUT2D eigenvalue weighted by Crippen LogP contribution is -2.04. The molecule has 0 bridgehead atoms. The highest BCUT2D eigenvalue weighted by atomic mass is 35.5. The zero-order chi connectivity index (χ0) is 15.1. The lowest BCUT2D eigenvalue weighted by atomic mass is 10.2. The quantitative estimate of drug-likeness (QED) is 0.540. The van der Waals surface area contributed by atoms with E-state index in [0.717, 1.165) is 0 Å². The lowest BCUT2D eigenvalue weighted by molar-refractivity contribution is 0.616. The van der Waals surface area contributed by atoms with Crippen LogP contribution in [-0.4, -0.2) is 9.55 Å². The number of rotatable bonds is 2. The van der Waals surface area contributed by atoms with E-state index in [1.54, 1.807) is 41.8 Å². The van der Waals surface area contributed by atoms with Crippen LogP contribution in [0, 0.1) is 5.82 Å². The third kappa shape index (κ3) is 2.50. The lowest BCUT2D eigenvalue weighted by Gasteiger charge is -2.11. The average Bonchev–Trinajstić information content (AvgIpc) is 2.78. The summed E-state index contributed by atoms with van der Waals surface area (Å²) in [6.45, 7) is 1.78. The maximum Gasteiger partial charge on any atom is 0.147 e. The van der Waals surface area contributed by atoms with E-state index in [1.807, 2.05) is 0 Å². The smallest absolute Gasteiger partial charge is 0.147 e. The molecule has 0 spiro atoms. The van der Waals surface area contributed by atoms with Crippen molar-refractivity contribution in [2.24, 2.45) is 0 Å². The van der Waals surface area contributed by atoms with E-state index in [-0.39, 0.29) is 5.82 Å². The van der Waals surface area contributed by atoms with Crippen LogP contribution in [0.2, 0.25) is 10.0 Å². The average molecular weight is 344 g/mol. The van der Waals surface area contributed by atoms with E-state index in [2.05, 4.69) is 4.98 Å². The molecule has 0 aliphatic heterocycles. The summed E-state index contributed by atoms with van der Waals surface area (Å²) < 4.78 is 15.8. The Labute approximate surface area is 136 Å². The third-order valence-corrected chi connectivity index (χ3v) is 4.09. The van der Waals surface area contributed by atoms with Crippen molar-refractivity contribution in [3.05, 3.63) is 58.1 Å². The zero-order valence-electron chi connectivity index (χ0n) is 10.9. The Balaban J connectivity index is 2.41. The van der Waals surface area contributed by atoms with Crippen LogP contribution < -0.4 is 0 Å². The Hall–Kier alpha value is -1.29. The van der Waals surface area contributed by atoms with Crippen LogP contribution in [0.15, 0.2) is 36.4 Å². The number of nitrogens with zero attached hydrogens (tertiary/aromatic N) is 2. The second kappa shape index (κ2) is 5.48. The largest absolute Gasteiger partial charge is 0.292 e. The number of benzene rings is 2.